The summed E-state index contributed by atoms with van der Waals surface area (Å²) in [7, 11) is 0. The molecule has 0 saturated carbocycles. The second-order valence-electron chi connectivity index (χ2n) is 9.15. The van der Waals surface area contributed by atoms with Crippen LogP contribution in [0, 0.1) is 13.8 Å². The van der Waals surface area contributed by atoms with E-state index in [1.807, 2.05) is 5.43 Å². The molecule has 2 atom stereocenters. The molecule has 0 bridgehead atoms. The quantitative estimate of drug-likeness (QED) is 0.209. The molecule has 12 nitrogen and oxygen atoms in total. The van der Waals surface area contributed by atoms with Gasteiger partial charge in [-0.05, 0) is 62.4 Å². The van der Waals surface area contributed by atoms with Gasteiger partial charge >= 0.3 is 17.9 Å². The van der Waals surface area contributed by atoms with Crippen molar-refractivity contribution in [3.05, 3.63) is 101 Å². The van der Waals surface area contributed by atoms with Gasteiger partial charge in [0.1, 0.15) is 0 Å². The number of nitrogens with one attached hydrogen (secondary N) is 3. The first-order chi connectivity index (χ1) is 20.0. The fourth-order valence-corrected chi connectivity index (χ4v) is 3.62. The zero-order chi connectivity index (χ0) is 30.8. The molecule has 0 aliphatic heterocycles. The van der Waals surface area contributed by atoms with Crippen molar-refractivity contribution in [3.63, 3.8) is 0 Å². The van der Waals surface area contributed by atoms with E-state index in [1.54, 1.807) is 45.0 Å². The van der Waals surface area contributed by atoms with Crippen LogP contribution in [0.1, 0.15) is 55.5 Å². The first kappa shape index (κ1) is 31.0. The lowest BCUT2D eigenvalue weighted by Crippen LogP contribution is -2.54. The predicted octanol–water partition coefficient (Wildman–Crippen LogP) is 2.95. The van der Waals surface area contributed by atoms with Crippen molar-refractivity contribution in [2.75, 3.05) is 5.32 Å². The van der Waals surface area contributed by atoms with E-state index in [0.29, 0.717) is 16.8 Å². The Morgan fingerprint density at radius 3 is 1.71 bits per heavy atom. The SMILES string of the molecule is CCC(=O)Nc1ccc(C(=O)NNC(=O)[C@H](OC(=O)c2cccc(C)c2)[C@@H](OC(=O)c2cccc(C)c2)C(=O)O)cc1. The molecule has 3 rings (SSSR count). The van der Waals surface area contributed by atoms with Crippen molar-refractivity contribution in [3.8, 4) is 0 Å². The lowest BCUT2D eigenvalue weighted by atomic mass is 10.1. The number of benzene rings is 3. The number of hydrazine groups is 1. The van der Waals surface area contributed by atoms with Crippen LogP contribution in [0.25, 0.3) is 0 Å². The van der Waals surface area contributed by atoms with Gasteiger partial charge in [-0.3, -0.25) is 25.2 Å². The molecule has 42 heavy (non-hydrogen) atoms. The van der Waals surface area contributed by atoms with Crippen LogP contribution >= 0.6 is 0 Å². The highest BCUT2D eigenvalue weighted by molar-refractivity contribution is 5.99. The van der Waals surface area contributed by atoms with E-state index in [-0.39, 0.29) is 29.0 Å². The molecule has 0 unspecified atom stereocenters. The number of aryl methyl sites for hydroxylation is 2. The van der Waals surface area contributed by atoms with E-state index in [1.165, 1.54) is 48.5 Å². The number of hydrogen-bond donors (Lipinski definition) is 4. The molecule has 0 aliphatic rings. The van der Waals surface area contributed by atoms with Crippen LogP contribution < -0.4 is 16.2 Å². The number of esters is 2. The Morgan fingerprint density at radius 2 is 1.24 bits per heavy atom. The van der Waals surface area contributed by atoms with Gasteiger partial charge in [-0.2, -0.15) is 0 Å². The number of amides is 3. The average Bonchev–Trinajstić information content (AvgIpc) is 2.97. The predicted molar refractivity (Wildman–Crippen MR) is 149 cm³/mol. The van der Waals surface area contributed by atoms with Crippen LogP contribution in [0.4, 0.5) is 5.69 Å². The van der Waals surface area contributed by atoms with Gasteiger partial charge in [0, 0.05) is 17.7 Å². The maximum absolute atomic E-state index is 13.1. The molecule has 0 aromatic heterocycles. The van der Waals surface area contributed by atoms with Gasteiger partial charge in [-0.15, -0.1) is 0 Å². The molecule has 0 saturated heterocycles. The molecule has 3 amide bonds. The van der Waals surface area contributed by atoms with Gasteiger partial charge in [-0.1, -0.05) is 42.3 Å². The smallest absolute Gasteiger partial charge is 0.349 e. The molecule has 0 aliphatic carbocycles. The standard InChI is InChI=1S/C30H29N3O9/c1-4-23(34)31-22-13-11-19(12-14-22)26(35)32-33-27(36)24(41-29(39)20-9-5-7-17(2)15-20)25(28(37)38)42-30(40)21-10-6-8-18(3)16-21/h5-16,24-25H,4H2,1-3H3,(H,31,34)(H,32,35)(H,33,36)(H,37,38)/t24-,25-/m1/s1. The third kappa shape index (κ3) is 8.49. The first-order valence-electron chi connectivity index (χ1n) is 12.8. The summed E-state index contributed by atoms with van der Waals surface area (Å²) >= 11 is 0. The lowest BCUT2D eigenvalue weighted by molar-refractivity contribution is -0.159. The molecule has 0 radical (unpaired) electrons. The van der Waals surface area contributed by atoms with Crippen LogP contribution in [0.2, 0.25) is 0 Å². The van der Waals surface area contributed by atoms with Gasteiger partial charge < -0.3 is 19.9 Å². The molecule has 0 spiro atoms. The zero-order valence-electron chi connectivity index (χ0n) is 23.0. The third-order valence-electron chi connectivity index (χ3n) is 5.80. The van der Waals surface area contributed by atoms with Gasteiger partial charge in [0.15, 0.2) is 0 Å². The van der Waals surface area contributed by atoms with Gasteiger partial charge in [-0.25, -0.2) is 14.4 Å². The van der Waals surface area contributed by atoms with Crippen molar-refractivity contribution in [2.24, 2.45) is 0 Å². The average molecular weight is 576 g/mol. The van der Waals surface area contributed by atoms with Crippen molar-refractivity contribution in [1.29, 1.82) is 0 Å². The van der Waals surface area contributed by atoms with E-state index in [4.69, 9.17) is 9.47 Å². The van der Waals surface area contributed by atoms with Crippen LogP contribution in [-0.4, -0.2) is 52.9 Å². The van der Waals surface area contributed by atoms with E-state index in [9.17, 15) is 33.9 Å². The summed E-state index contributed by atoms with van der Waals surface area (Å²) in [5, 5.41) is 12.5. The van der Waals surface area contributed by atoms with Crippen molar-refractivity contribution in [1.82, 2.24) is 10.9 Å². The number of carbonyl (C=O) groups excluding carboxylic acids is 5. The number of carbonyl (C=O) groups is 6. The number of ether oxygens (including phenoxy) is 2. The Bertz CT molecular complexity index is 1500. The maximum Gasteiger partial charge on any atom is 0.349 e. The zero-order valence-corrected chi connectivity index (χ0v) is 23.0. The van der Waals surface area contributed by atoms with Gasteiger partial charge in [0.25, 0.3) is 11.8 Å². The summed E-state index contributed by atoms with van der Waals surface area (Å²) in [6.45, 7) is 5.11. The van der Waals surface area contributed by atoms with Crippen molar-refractivity contribution >= 4 is 41.3 Å². The highest BCUT2D eigenvalue weighted by Gasteiger charge is 2.41. The topological polar surface area (TPSA) is 177 Å². The largest absolute Gasteiger partial charge is 0.478 e. The van der Waals surface area contributed by atoms with E-state index < -0.39 is 41.9 Å². The summed E-state index contributed by atoms with van der Waals surface area (Å²) in [5.41, 5.74) is 6.08. The fraction of sp³-hybridized carbons (Fsp3) is 0.200. The highest BCUT2D eigenvalue weighted by Crippen LogP contribution is 2.15. The van der Waals surface area contributed by atoms with E-state index in [2.05, 4.69) is 10.7 Å². The van der Waals surface area contributed by atoms with Crippen LogP contribution in [0.3, 0.4) is 0 Å². The molecular weight excluding hydrogens is 546 g/mol. The summed E-state index contributed by atoms with van der Waals surface area (Å²) < 4.78 is 10.4. The molecule has 0 fully saturated rings. The number of hydrogen-bond acceptors (Lipinski definition) is 8. The third-order valence-corrected chi connectivity index (χ3v) is 5.80. The number of carboxylic acids is 1. The minimum absolute atomic E-state index is 0.0114. The number of aliphatic carboxylic acids is 1. The second kappa shape index (κ2) is 14.2. The van der Waals surface area contributed by atoms with E-state index >= 15 is 0 Å². The van der Waals surface area contributed by atoms with Crippen molar-refractivity contribution in [2.45, 2.75) is 39.4 Å². The van der Waals surface area contributed by atoms with Crippen LogP contribution in [0.15, 0.2) is 72.8 Å². The second-order valence-corrected chi connectivity index (χ2v) is 9.15. The normalized spacial score (nSPS) is 11.8. The molecule has 0 heterocycles. The molecule has 218 valence electrons. The molecule has 3 aromatic carbocycles. The molecule has 4 N–H and O–H groups in total. The van der Waals surface area contributed by atoms with E-state index in [0.717, 1.165) is 0 Å². The summed E-state index contributed by atoms with van der Waals surface area (Å²) in [4.78, 5) is 75.1. The van der Waals surface area contributed by atoms with Gasteiger partial charge in [0.05, 0.1) is 11.1 Å². The molecule has 3 aromatic rings. The van der Waals surface area contributed by atoms with Gasteiger partial charge in [0.2, 0.25) is 18.1 Å². The minimum Gasteiger partial charge on any atom is -0.478 e. The fourth-order valence-electron chi connectivity index (χ4n) is 3.62. The number of anilines is 1. The Hall–Kier alpha value is -5.52. The number of rotatable bonds is 10. The Morgan fingerprint density at radius 1 is 0.714 bits per heavy atom. The summed E-state index contributed by atoms with van der Waals surface area (Å²) in [6, 6.07) is 18.0. The first-order valence-corrected chi connectivity index (χ1v) is 12.8. The van der Waals surface area contributed by atoms with Crippen LogP contribution in [0.5, 0.6) is 0 Å². The minimum atomic E-state index is -2.27. The Labute approximate surface area is 241 Å². The lowest BCUT2D eigenvalue weighted by Gasteiger charge is -2.23. The summed E-state index contributed by atoms with van der Waals surface area (Å²) in [6.07, 6.45) is -4.21. The van der Waals surface area contributed by atoms with Crippen LogP contribution in [-0.2, 0) is 23.9 Å². The monoisotopic (exact) mass is 575 g/mol. The van der Waals surface area contributed by atoms with Crippen molar-refractivity contribution < 1.29 is 43.3 Å². The number of carboxylic acid groups (broad SMARTS) is 1. The Balaban J connectivity index is 1.81. The molecule has 12 heteroatoms. The molecular formula is C30H29N3O9. The summed E-state index contributed by atoms with van der Waals surface area (Å²) in [5.74, 6) is -6.21. The Kier molecular flexibility index (Phi) is 10.5. The highest BCUT2D eigenvalue weighted by atomic mass is 16.6. The maximum atomic E-state index is 13.1.